The van der Waals surface area contributed by atoms with Gasteiger partial charge < -0.3 is 0 Å². The summed E-state index contributed by atoms with van der Waals surface area (Å²) in [6.07, 6.45) is 8.96. The fourth-order valence-electron chi connectivity index (χ4n) is 2.45. The zero-order chi connectivity index (χ0) is 13.4. The number of rotatable bonds is 8. The zero-order valence-corrected chi connectivity index (χ0v) is 12.8. The van der Waals surface area contributed by atoms with Crippen LogP contribution in [0.2, 0.25) is 0 Å². The van der Waals surface area contributed by atoms with Crippen molar-refractivity contribution in [3.63, 3.8) is 0 Å². The van der Waals surface area contributed by atoms with Gasteiger partial charge in [-0.05, 0) is 54.7 Å². The Morgan fingerprint density at radius 1 is 0.889 bits per heavy atom. The molecule has 18 heavy (non-hydrogen) atoms. The molecule has 0 bridgehead atoms. The molecule has 0 aromatic heterocycles. The van der Waals surface area contributed by atoms with Crippen LogP contribution in [0.1, 0.15) is 70.1 Å². The third kappa shape index (κ3) is 5.25. The molecule has 0 spiro atoms. The largest absolute Gasteiger partial charge is 0.0654 e. The van der Waals surface area contributed by atoms with Crippen LogP contribution in [-0.4, -0.2) is 0 Å². The minimum Gasteiger partial charge on any atom is -0.0654 e. The topological polar surface area (TPSA) is 0 Å². The number of aryl methyl sites for hydroxylation is 2. The average molecular weight is 246 g/mol. The highest BCUT2D eigenvalue weighted by molar-refractivity contribution is 5.32. The minimum atomic E-state index is 0.756. The Morgan fingerprint density at radius 3 is 2.17 bits per heavy atom. The monoisotopic (exact) mass is 246 g/mol. The zero-order valence-electron chi connectivity index (χ0n) is 12.8. The maximum Gasteiger partial charge on any atom is -0.0253 e. The van der Waals surface area contributed by atoms with Gasteiger partial charge in [0.1, 0.15) is 0 Å². The molecule has 0 saturated heterocycles. The molecule has 0 fully saturated rings. The lowest BCUT2D eigenvalue weighted by Crippen LogP contribution is -2.01. The highest BCUT2D eigenvalue weighted by atomic mass is 14.1. The summed E-state index contributed by atoms with van der Waals surface area (Å²) in [6.45, 7) is 9.18. The summed E-state index contributed by atoms with van der Waals surface area (Å²) in [5.41, 5.74) is 4.73. The van der Waals surface area contributed by atoms with Gasteiger partial charge in [-0.1, -0.05) is 58.7 Å². The Kier molecular flexibility index (Phi) is 7.08. The smallest absolute Gasteiger partial charge is 0.0253 e. The average Bonchev–Trinajstić information content (AvgIpc) is 2.35. The molecule has 0 aliphatic heterocycles. The molecule has 0 saturated carbocycles. The van der Waals surface area contributed by atoms with Crippen molar-refractivity contribution >= 4 is 0 Å². The van der Waals surface area contributed by atoms with Crippen molar-refractivity contribution in [3.05, 3.63) is 34.9 Å². The molecular weight excluding hydrogens is 216 g/mol. The van der Waals surface area contributed by atoms with Crippen molar-refractivity contribution in [2.45, 2.75) is 72.6 Å². The molecule has 102 valence electrons. The molecule has 0 aliphatic rings. The molecule has 0 amide bonds. The molecule has 1 rings (SSSR count). The summed E-state index contributed by atoms with van der Waals surface area (Å²) in [4.78, 5) is 0. The van der Waals surface area contributed by atoms with Crippen LogP contribution in [0.25, 0.3) is 0 Å². The van der Waals surface area contributed by atoms with E-state index in [1.807, 2.05) is 0 Å². The van der Waals surface area contributed by atoms with Gasteiger partial charge in [-0.3, -0.25) is 0 Å². The van der Waals surface area contributed by atoms with Gasteiger partial charge in [-0.15, -0.1) is 0 Å². The van der Waals surface area contributed by atoms with Crippen molar-refractivity contribution in [2.24, 2.45) is 5.92 Å². The van der Waals surface area contributed by atoms with Crippen LogP contribution in [0.15, 0.2) is 18.2 Å². The molecule has 0 heterocycles. The van der Waals surface area contributed by atoms with E-state index in [4.69, 9.17) is 0 Å². The first-order valence-electron chi connectivity index (χ1n) is 7.78. The van der Waals surface area contributed by atoms with Crippen molar-refractivity contribution in [2.75, 3.05) is 0 Å². The van der Waals surface area contributed by atoms with E-state index in [-0.39, 0.29) is 0 Å². The summed E-state index contributed by atoms with van der Waals surface area (Å²) >= 11 is 0. The fraction of sp³-hybridized carbons (Fsp3) is 0.667. The first-order chi connectivity index (χ1) is 8.67. The van der Waals surface area contributed by atoms with Crippen LogP contribution >= 0.6 is 0 Å². The predicted octanol–water partition coefficient (Wildman–Crippen LogP) is 5.57. The number of hydrogen-bond acceptors (Lipinski definition) is 0. The quantitative estimate of drug-likeness (QED) is 0.562. The lowest BCUT2D eigenvalue weighted by Gasteiger charge is -2.13. The van der Waals surface area contributed by atoms with Crippen molar-refractivity contribution in [1.82, 2.24) is 0 Å². The summed E-state index contributed by atoms with van der Waals surface area (Å²) in [5.74, 6) is 0.756. The van der Waals surface area contributed by atoms with E-state index in [0.717, 1.165) is 5.92 Å². The van der Waals surface area contributed by atoms with E-state index in [1.54, 1.807) is 11.1 Å². The summed E-state index contributed by atoms with van der Waals surface area (Å²) < 4.78 is 0. The summed E-state index contributed by atoms with van der Waals surface area (Å²) in [5, 5.41) is 0. The van der Waals surface area contributed by atoms with Crippen molar-refractivity contribution < 1.29 is 0 Å². The molecule has 1 aromatic rings. The minimum absolute atomic E-state index is 0.756. The van der Waals surface area contributed by atoms with Gasteiger partial charge in [0, 0.05) is 0 Å². The molecule has 1 aromatic carbocycles. The van der Waals surface area contributed by atoms with Crippen LogP contribution in [0.5, 0.6) is 0 Å². The van der Waals surface area contributed by atoms with Gasteiger partial charge in [-0.2, -0.15) is 0 Å². The second kappa shape index (κ2) is 8.34. The highest BCUT2D eigenvalue weighted by Gasteiger charge is 2.06. The molecule has 0 aliphatic carbocycles. The summed E-state index contributed by atoms with van der Waals surface area (Å²) in [6, 6.07) is 7.21. The van der Waals surface area contributed by atoms with Gasteiger partial charge in [0.15, 0.2) is 0 Å². The number of hydrogen-bond donors (Lipinski definition) is 0. The van der Waals surface area contributed by atoms with Gasteiger partial charge in [0.25, 0.3) is 0 Å². The molecule has 0 unspecified atom stereocenters. The molecule has 0 heteroatoms. The van der Waals surface area contributed by atoms with E-state index in [2.05, 4.69) is 45.9 Å². The van der Waals surface area contributed by atoms with Crippen molar-refractivity contribution in [3.8, 4) is 0 Å². The third-order valence-corrected chi connectivity index (χ3v) is 3.52. The van der Waals surface area contributed by atoms with Gasteiger partial charge >= 0.3 is 0 Å². The molecular formula is C18H30. The van der Waals surface area contributed by atoms with E-state index in [9.17, 15) is 0 Å². The van der Waals surface area contributed by atoms with Gasteiger partial charge in [0.2, 0.25) is 0 Å². The van der Waals surface area contributed by atoms with Crippen LogP contribution in [0, 0.1) is 5.92 Å². The molecule has 0 N–H and O–H groups in total. The standard InChI is InChI=1S/C18H30/c1-5-7-9-16-11-12-18(13-15(3)4)17(14-16)10-8-6-2/h11-12,14-15H,5-10,13H2,1-4H3. The van der Waals surface area contributed by atoms with Crippen LogP contribution < -0.4 is 0 Å². The van der Waals surface area contributed by atoms with Crippen molar-refractivity contribution in [1.29, 1.82) is 0 Å². The van der Waals surface area contributed by atoms with E-state index >= 15 is 0 Å². The Labute approximate surface area is 114 Å². The van der Waals surface area contributed by atoms with Crippen LogP contribution in [0.4, 0.5) is 0 Å². The van der Waals surface area contributed by atoms with Crippen LogP contribution in [0.3, 0.4) is 0 Å². The van der Waals surface area contributed by atoms with Gasteiger partial charge in [-0.25, -0.2) is 0 Å². The second-order valence-corrected chi connectivity index (χ2v) is 5.91. The Morgan fingerprint density at radius 2 is 1.56 bits per heavy atom. The number of unbranched alkanes of at least 4 members (excludes halogenated alkanes) is 2. The summed E-state index contributed by atoms with van der Waals surface area (Å²) in [7, 11) is 0. The first-order valence-corrected chi connectivity index (χ1v) is 7.78. The maximum absolute atomic E-state index is 2.48. The fourth-order valence-corrected chi connectivity index (χ4v) is 2.45. The Bertz CT molecular complexity index is 336. The number of benzene rings is 1. The second-order valence-electron chi connectivity index (χ2n) is 5.91. The SMILES string of the molecule is CCCCc1ccc(CC(C)C)c(CCCC)c1. The lowest BCUT2D eigenvalue weighted by molar-refractivity contribution is 0.639. The third-order valence-electron chi connectivity index (χ3n) is 3.52. The molecule has 0 nitrogen and oxygen atoms in total. The molecule has 0 radical (unpaired) electrons. The van der Waals surface area contributed by atoms with Gasteiger partial charge in [0.05, 0.1) is 0 Å². The first kappa shape index (κ1) is 15.3. The molecule has 0 atom stereocenters. The van der Waals surface area contributed by atoms with E-state index < -0.39 is 0 Å². The predicted molar refractivity (Wildman–Crippen MR) is 82.2 cm³/mol. The van der Waals surface area contributed by atoms with E-state index in [0.29, 0.717) is 0 Å². The Balaban J connectivity index is 2.81. The highest BCUT2D eigenvalue weighted by Crippen LogP contribution is 2.19. The lowest BCUT2D eigenvalue weighted by atomic mass is 9.92. The Hall–Kier alpha value is -0.780. The normalized spacial score (nSPS) is 11.2. The maximum atomic E-state index is 2.48. The van der Waals surface area contributed by atoms with Crippen LogP contribution in [-0.2, 0) is 19.3 Å². The van der Waals surface area contributed by atoms with E-state index in [1.165, 1.54) is 50.5 Å².